The van der Waals surface area contributed by atoms with Crippen molar-refractivity contribution in [2.45, 2.75) is 38.6 Å². The second-order valence-corrected chi connectivity index (χ2v) is 3.69. The first-order chi connectivity index (χ1) is 6.59. The minimum atomic E-state index is -0.774. The van der Waals surface area contributed by atoms with Crippen molar-refractivity contribution in [3.63, 3.8) is 0 Å². The molecule has 1 rings (SSSR count). The molecule has 0 saturated heterocycles. The fraction of sp³-hybridized carbons (Fsp3) is 0.600. The number of carbonyl (C=O) groups is 1. The first-order valence-corrected chi connectivity index (χ1v) is 4.78. The van der Waals surface area contributed by atoms with Gasteiger partial charge in [0.2, 0.25) is 0 Å². The van der Waals surface area contributed by atoms with E-state index in [9.17, 15) is 4.79 Å². The number of aryl methyl sites for hydroxylation is 1. The molecule has 0 amide bonds. The first kappa shape index (κ1) is 10.9. The molecule has 1 aromatic heterocycles. The van der Waals surface area contributed by atoms with Crippen molar-refractivity contribution in [3.8, 4) is 0 Å². The highest BCUT2D eigenvalue weighted by molar-refractivity contribution is 5.64. The zero-order chi connectivity index (χ0) is 10.6. The fourth-order valence-corrected chi connectivity index (χ4v) is 1.49. The Morgan fingerprint density at radius 1 is 1.71 bits per heavy atom. The molecule has 0 spiro atoms. The predicted octanol–water partition coefficient (Wildman–Crippen LogP) is 0.757. The molecule has 0 fully saturated rings. The number of hydrogen-bond acceptors (Lipinski definition) is 3. The maximum absolute atomic E-state index is 10.9. The normalized spacial score (nSPS) is 15.1. The Morgan fingerprint density at radius 3 is 2.86 bits per heavy atom. The van der Waals surface area contributed by atoms with Gasteiger partial charge in [-0.15, -0.1) is 0 Å². The number of rotatable bonds is 5. The van der Waals surface area contributed by atoms with E-state index < -0.39 is 5.54 Å². The number of aromatic amines is 1. The second kappa shape index (κ2) is 4.37. The molecule has 3 N–H and O–H groups in total. The highest BCUT2D eigenvalue weighted by atomic mass is 16.1. The zero-order valence-corrected chi connectivity index (χ0v) is 8.63. The molecule has 0 aromatic carbocycles. The van der Waals surface area contributed by atoms with E-state index >= 15 is 0 Å². The van der Waals surface area contributed by atoms with Crippen LogP contribution in [0.5, 0.6) is 0 Å². The molecule has 0 aliphatic carbocycles. The van der Waals surface area contributed by atoms with Gasteiger partial charge in [-0.1, -0.05) is 13.3 Å². The van der Waals surface area contributed by atoms with Gasteiger partial charge in [-0.2, -0.15) is 0 Å². The third-order valence-electron chi connectivity index (χ3n) is 2.15. The number of hydrogen-bond donors (Lipinski definition) is 2. The van der Waals surface area contributed by atoms with Crippen LogP contribution >= 0.6 is 0 Å². The van der Waals surface area contributed by atoms with Gasteiger partial charge in [0.15, 0.2) is 0 Å². The Morgan fingerprint density at radius 2 is 2.43 bits per heavy atom. The molecule has 1 radical (unpaired) electrons. The molecule has 0 bridgehead atoms. The SMILES string of the molecule is CCCC(N)(C=O)Cc1[c]nc(C)[nH]1. The topological polar surface area (TPSA) is 71.8 Å². The van der Waals surface area contributed by atoms with Crippen LogP contribution in [0.2, 0.25) is 0 Å². The fourth-order valence-electron chi connectivity index (χ4n) is 1.49. The minimum absolute atomic E-state index is 0.477. The molecular formula is C10H16N3O. The second-order valence-electron chi connectivity index (χ2n) is 3.69. The van der Waals surface area contributed by atoms with E-state index in [-0.39, 0.29) is 0 Å². The molecule has 1 unspecified atom stereocenters. The maximum Gasteiger partial charge on any atom is 0.140 e. The van der Waals surface area contributed by atoms with Crippen LogP contribution < -0.4 is 5.73 Å². The summed E-state index contributed by atoms with van der Waals surface area (Å²) in [5.74, 6) is 0.796. The van der Waals surface area contributed by atoms with Crippen LogP contribution in [-0.2, 0) is 11.2 Å². The van der Waals surface area contributed by atoms with E-state index in [1.54, 1.807) is 0 Å². The van der Waals surface area contributed by atoms with E-state index in [2.05, 4.69) is 16.2 Å². The highest BCUT2D eigenvalue weighted by Gasteiger charge is 2.24. The van der Waals surface area contributed by atoms with Gasteiger partial charge >= 0.3 is 0 Å². The Balaban J connectivity index is 2.69. The van der Waals surface area contributed by atoms with E-state index in [0.29, 0.717) is 12.8 Å². The summed E-state index contributed by atoms with van der Waals surface area (Å²) >= 11 is 0. The number of aromatic nitrogens is 2. The average molecular weight is 194 g/mol. The van der Waals surface area contributed by atoms with Crippen molar-refractivity contribution < 1.29 is 4.79 Å². The van der Waals surface area contributed by atoms with Gasteiger partial charge in [0.1, 0.15) is 18.3 Å². The summed E-state index contributed by atoms with van der Waals surface area (Å²) in [5, 5.41) is 0. The van der Waals surface area contributed by atoms with Gasteiger partial charge in [-0.05, 0) is 13.3 Å². The Labute approximate surface area is 83.9 Å². The Kier molecular flexibility index (Phi) is 3.41. The molecule has 0 aliphatic heterocycles. The monoisotopic (exact) mass is 194 g/mol. The Hall–Kier alpha value is -1.16. The van der Waals surface area contributed by atoms with E-state index in [4.69, 9.17) is 5.73 Å². The standard InChI is InChI=1S/C10H16N3O/c1-3-4-10(11,7-14)5-9-6-12-8(2)13-9/h7H,3-5,11H2,1-2H3,(H,12,13). The van der Waals surface area contributed by atoms with Gasteiger partial charge in [0.25, 0.3) is 0 Å². The third-order valence-corrected chi connectivity index (χ3v) is 2.15. The number of nitrogens with two attached hydrogens (primary N) is 1. The van der Waals surface area contributed by atoms with Gasteiger partial charge in [0, 0.05) is 12.1 Å². The summed E-state index contributed by atoms with van der Waals surface area (Å²) in [6.07, 6.45) is 5.68. The average Bonchev–Trinajstić information content (AvgIpc) is 2.51. The maximum atomic E-state index is 10.9. The molecular weight excluding hydrogens is 178 g/mol. The molecule has 1 heterocycles. The van der Waals surface area contributed by atoms with Crippen LogP contribution in [-0.4, -0.2) is 21.8 Å². The summed E-state index contributed by atoms with van der Waals surface area (Å²) in [6, 6.07) is 0. The summed E-state index contributed by atoms with van der Waals surface area (Å²) in [7, 11) is 0. The van der Waals surface area contributed by atoms with Crippen molar-refractivity contribution in [3.05, 3.63) is 17.7 Å². The van der Waals surface area contributed by atoms with Crippen LogP contribution in [0.3, 0.4) is 0 Å². The molecule has 0 saturated carbocycles. The van der Waals surface area contributed by atoms with Crippen LogP contribution in [0, 0.1) is 13.1 Å². The smallest absolute Gasteiger partial charge is 0.140 e. The minimum Gasteiger partial charge on any atom is -0.345 e. The van der Waals surface area contributed by atoms with Crippen LogP contribution in [0.15, 0.2) is 0 Å². The van der Waals surface area contributed by atoms with Gasteiger partial charge < -0.3 is 15.5 Å². The number of carbonyl (C=O) groups excluding carboxylic acids is 1. The molecule has 1 aromatic rings. The predicted molar refractivity (Wildman–Crippen MR) is 53.8 cm³/mol. The summed E-state index contributed by atoms with van der Waals surface area (Å²) in [4.78, 5) is 17.8. The van der Waals surface area contributed by atoms with Crippen LogP contribution in [0.1, 0.15) is 31.3 Å². The quantitative estimate of drug-likeness (QED) is 0.680. The van der Waals surface area contributed by atoms with Crippen LogP contribution in [0.4, 0.5) is 0 Å². The van der Waals surface area contributed by atoms with E-state index in [1.165, 1.54) is 0 Å². The van der Waals surface area contributed by atoms with Crippen molar-refractivity contribution >= 4 is 6.29 Å². The highest BCUT2D eigenvalue weighted by Crippen LogP contribution is 2.12. The number of imidazole rings is 1. The number of aldehydes is 1. The van der Waals surface area contributed by atoms with Crippen molar-refractivity contribution in [1.82, 2.24) is 9.97 Å². The summed E-state index contributed by atoms with van der Waals surface area (Å²) in [6.45, 7) is 3.85. The van der Waals surface area contributed by atoms with Gasteiger partial charge in [-0.3, -0.25) is 0 Å². The molecule has 4 nitrogen and oxygen atoms in total. The third kappa shape index (κ3) is 2.67. The summed E-state index contributed by atoms with van der Waals surface area (Å²) in [5.41, 5.74) is 5.94. The van der Waals surface area contributed by atoms with E-state index in [1.807, 2.05) is 13.8 Å². The van der Waals surface area contributed by atoms with E-state index in [0.717, 1.165) is 24.2 Å². The molecule has 77 valence electrons. The first-order valence-electron chi connectivity index (χ1n) is 4.78. The molecule has 1 atom stereocenters. The van der Waals surface area contributed by atoms with Crippen molar-refractivity contribution in [2.24, 2.45) is 5.73 Å². The van der Waals surface area contributed by atoms with Gasteiger partial charge in [0.05, 0.1) is 5.54 Å². The van der Waals surface area contributed by atoms with Crippen LogP contribution in [0.25, 0.3) is 0 Å². The molecule has 14 heavy (non-hydrogen) atoms. The number of nitrogens with one attached hydrogen (secondary N) is 1. The largest absolute Gasteiger partial charge is 0.345 e. The van der Waals surface area contributed by atoms with Crippen molar-refractivity contribution in [1.29, 1.82) is 0 Å². The number of H-pyrrole nitrogens is 1. The van der Waals surface area contributed by atoms with Crippen molar-refractivity contribution in [2.75, 3.05) is 0 Å². The summed E-state index contributed by atoms with van der Waals surface area (Å²) < 4.78 is 0. The molecule has 4 heteroatoms. The van der Waals surface area contributed by atoms with Gasteiger partial charge in [-0.25, -0.2) is 4.98 Å². The lowest BCUT2D eigenvalue weighted by Gasteiger charge is -2.20. The lowest BCUT2D eigenvalue weighted by molar-refractivity contribution is -0.112. The molecule has 0 aliphatic rings. The Bertz CT molecular complexity index is 308. The zero-order valence-electron chi connectivity index (χ0n) is 8.63. The number of nitrogens with zero attached hydrogens (tertiary/aromatic N) is 1. The lowest BCUT2D eigenvalue weighted by atomic mass is 9.91. The lowest BCUT2D eigenvalue weighted by Crippen LogP contribution is -2.43.